The fraction of sp³-hybridized carbons (Fsp3) is 0.333. The van der Waals surface area contributed by atoms with Crippen molar-refractivity contribution in [2.45, 2.75) is 64.6 Å². The maximum absolute atomic E-state index is 14.9. The lowest BCUT2D eigenvalue weighted by atomic mass is 9.82. The summed E-state index contributed by atoms with van der Waals surface area (Å²) in [6, 6.07) is 8.18. The Balaban J connectivity index is 1.48. The molecule has 0 fully saturated rings. The van der Waals surface area contributed by atoms with E-state index in [2.05, 4.69) is 0 Å². The number of aliphatic hydroxyl groups excluding tert-OH is 1. The minimum Gasteiger partial charge on any atom is -0.486 e. The van der Waals surface area contributed by atoms with Crippen molar-refractivity contribution < 1.29 is 36.2 Å². The highest BCUT2D eigenvalue weighted by Crippen LogP contribution is 2.40. The molecule has 0 spiro atoms. The molecule has 3 aromatic rings. The molecule has 8 heteroatoms. The highest BCUT2D eigenvalue weighted by molar-refractivity contribution is 5.68. The average molecular weight is 535 g/mol. The molecule has 3 aromatic carbocycles. The summed E-state index contributed by atoms with van der Waals surface area (Å²) in [6.07, 6.45) is 2.52. The quantitative estimate of drug-likeness (QED) is 0.294. The SMILES string of the molecule is CCCc1ccc(COc2ccc(C3=CCC(c4ccc(C(C)O)c(F)c4F)CC3)c(F)c2F)c(F)c1F. The van der Waals surface area contributed by atoms with Gasteiger partial charge in [-0.2, -0.15) is 4.39 Å². The summed E-state index contributed by atoms with van der Waals surface area (Å²) in [4.78, 5) is 0. The molecule has 0 amide bonds. The van der Waals surface area contributed by atoms with Crippen molar-refractivity contribution in [1.29, 1.82) is 0 Å². The molecule has 1 aliphatic rings. The van der Waals surface area contributed by atoms with Crippen LogP contribution in [0.4, 0.5) is 26.3 Å². The fourth-order valence-electron chi connectivity index (χ4n) is 4.83. The van der Waals surface area contributed by atoms with Crippen molar-refractivity contribution in [2.75, 3.05) is 0 Å². The van der Waals surface area contributed by atoms with Crippen LogP contribution >= 0.6 is 0 Å². The van der Waals surface area contributed by atoms with Crippen molar-refractivity contribution in [3.63, 3.8) is 0 Å². The van der Waals surface area contributed by atoms with Crippen molar-refractivity contribution in [2.24, 2.45) is 0 Å². The summed E-state index contributed by atoms with van der Waals surface area (Å²) in [5.74, 6) is -7.34. The average Bonchev–Trinajstić information content (AvgIpc) is 2.90. The maximum atomic E-state index is 14.9. The Hall–Kier alpha value is -3.26. The Morgan fingerprint density at radius 3 is 2.21 bits per heavy atom. The number of ether oxygens (including phenoxy) is 1. The number of benzene rings is 3. The Kier molecular flexibility index (Phi) is 8.51. The van der Waals surface area contributed by atoms with Crippen LogP contribution in [-0.2, 0) is 13.0 Å². The van der Waals surface area contributed by atoms with E-state index in [-0.39, 0.29) is 40.2 Å². The van der Waals surface area contributed by atoms with Crippen LogP contribution in [0.25, 0.3) is 5.57 Å². The van der Waals surface area contributed by atoms with Gasteiger partial charge in [0.2, 0.25) is 5.82 Å². The predicted molar refractivity (Wildman–Crippen MR) is 133 cm³/mol. The summed E-state index contributed by atoms with van der Waals surface area (Å²) >= 11 is 0. The molecular weight excluding hydrogens is 506 g/mol. The molecule has 0 aliphatic heterocycles. The normalized spacial score (nSPS) is 16.3. The van der Waals surface area contributed by atoms with Gasteiger partial charge in [0.1, 0.15) is 6.61 Å². The molecule has 38 heavy (non-hydrogen) atoms. The Morgan fingerprint density at radius 1 is 0.842 bits per heavy atom. The van der Waals surface area contributed by atoms with Crippen LogP contribution in [0.3, 0.4) is 0 Å². The van der Waals surface area contributed by atoms with Gasteiger partial charge < -0.3 is 9.84 Å². The molecule has 2 atom stereocenters. The van der Waals surface area contributed by atoms with Crippen LogP contribution in [0.15, 0.2) is 42.5 Å². The largest absolute Gasteiger partial charge is 0.486 e. The first-order chi connectivity index (χ1) is 18.1. The lowest BCUT2D eigenvalue weighted by molar-refractivity contribution is 0.192. The highest BCUT2D eigenvalue weighted by atomic mass is 19.2. The van der Waals surface area contributed by atoms with Gasteiger partial charge in [0.25, 0.3) is 0 Å². The number of allylic oxidation sites excluding steroid dienone is 2. The Labute approximate surface area is 217 Å². The summed E-state index contributed by atoms with van der Waals surface area (Å²) in [6.45, 7) is 2.71. The minimum atomic E-state index is -1.25. The van der Waals surface area contributed by atoms with Gasteiger partial charge >= 0.3 is 0 Å². The molecule has 0 bridgehead atoms. The first-order valence-corrected chi connectivity index (χ1v) is 12.6. The van der Waals surface area contributed by atoms with Crippen LogP contribution in [0, 0.1) is 34.9 Å². The van der Waals surface area contributed by atoms with Crippen molar-refractivity contribution in [1.82, 2.24) is 0 Å². The smallest absolute Gasteiger partial charge is 0.201 e. The van der Waals surface area contributed by atoms with Gasteiger partial charge in [-0.3, -0.25) is 0 Å². The first-order valence-electron chi connectivity index (χ1n) is 12.6. The molecule has 0 heterocycles. The predicted octanol–water partition coefficient (Wildman–Crippen LogP) is 8.46. The molecular formula is C30H28F6O2. The van der Waals surface area contributed by atoms with Crippen LogP contribution < -0.4 is 4.74 Å². The topological polar surface area (TPSA) is 29.5 Å². The van der Waals surface area contributed by atoms with E-state index in [1.807, 2.05) is 6.92 Å². The van der Waals surface area contributed by atoms with E-state index < -0.39 is 53.4 Å². The van der Waals surface area contributed by atoms with Crippen LogP contribution in [-0.4, -0.2) is 5.11 Å². The number of aliphatic hydroxyl groups is 1. The summed E-state index contributed by atoms with van der Waals surface area (Å²) in [5, 5.41) is 9.58. The number of hydrogen-bond acceptors (Lipinski definition) is 2. The van der Waals surface area contributed by atoms with E-state index in [0.29, 0.717) is 31.3 Å². The van der Waals surface area contributed by atoms with Crippen LogP contribution in [0.1, 0.15) is 79.4 Å². The van der Waals surface area contributed by atoms with Crippen LogP contribution in [0.2, 0.25) is 0 Å². The standard InChI is InChI=1S/C30H28F6O2/c1-3-4-19-9-10-20(26(32)25(19)31)15-38-24-14-13-23(29(35)30(24)36)18-7-5-17(6-8-18)22-12-11-21(16(2)37)27(33)28(22)34/h7,9-14,16-17,37H,3-6,8,15H2,1-2H3. The summed E-state index contributed by atoms with van der Waals surface area (Å²) in [5.41, 5.74) is 0.708. The van der Waals surface area contributed by atoms with Gasteiger partial charge in [0.15, 0.2) is 34.8 Å². The van der Waals surface area contributed by atoms with Gasteiger partial charge in [-0.05, 0) is 67.4 Å². The van der Waals surface area contributed by atoms with E-state index in [9.17, 15) is 31.4 Å². The van der Waals surface area contributed by atoms with E-state index >= 15 is 0 Å². The molecule has 2 unspecified atom stereocenters. The third-order valence-electron chi connectivity index (χ3n) is 6.98. The molecule has 1 aliphatic carbocycles. The monoisotopic (exact) mass is 534 g/mol. The minimum absolute atomic E-state index is 0.0190. The molecule has 0 aromatic heterocycles. The van der Waals surface area contributed by atoms with Gasteiger partial charge in [-0.15, -0.1) is 0 Å². The highest BCUT2D eigenvalue weighted by Gasteiger charge is 2.26. The zero-order valence-corrected chi connectivity index (χ0v) is 21.1. The summed E-state index contributed by atoms with van der Waals surface area (Å²) < 4.78 is 92.5. The van der Waals surface area contributed by atoms with Crippen molar-refractivity contribution in [3.05, 3.63) is 105 Å². The van der Waals surface area contributed by atoms with Crippen molar-refractivity contribution >= 4 is 5.57 Å². The zero-order valence-electron chi connectivity index (χ0n) is 21.1. The maximum Gasteiger partial charge on any atom is 0.201 e. The second kappa shape index (κ2) is 11.6. The zero-order chi connectivity index (χ0) is 27.6. The van der Waals surface area contributed by atoms with E-state index in [1.165, 1.54) is 43.3 Å². The summed E-state index contributed by atoms with van der Waals surface area (Å²) in [7, 11) is 0. The fourth-order valence-corrected chi connectivity index (χ4v) is 4.83. The Morgan fingerprint density at radius 2 is 1.55 bits per heavy atom. The van der Waals surface area contributed by atoms with Gasteiger partial charge in [-0.1, -0.05) is 43.7 Å². The number of rotatable bonds is 8. The molecule has 202 valence electrons. The molecule has 0 radical (unpaired) electrons. The number of aryl methyl sites for hydroxylation is 1. The van der Waals surface area contributed by atoms with Crippen LogP contribution in [0.5, 0.6) is 5.75 Å². The van der Waals surface area contributed by atoms with Gasteiger partial charge in [0, 0.05) is 16.7 Å². The number of halogens is 6. The lowest BCUT2D eigenvalue weighted by Crippen LogP contribution is -2.10. The van der Waals surface area contributed by atoms with Crippen molar-refractivity contribution in [3.8, 4) is 5.75 Å². The third-order valence-corrected chi connectivity index (χ3v) is 6.98. The van der Waals surface area contributed by atoms with E-state index in [0.717, 1.165) is 0 Å². The first kappa shape index (κ1) is 27.8. The second-order valence-electron chi connectivity index (χ2n) is 9.54. The van der Waals surface area contributed by atoms with Gasteiger partial charge in [-0.25, -0.2) is 22.0 Å². The Bertz CT molecular complexity index is 1370. The van der Waals surface area contributed by atoms with E-state index in [4.69, 9.17) is 4.74 Å². The lowest BCUT2D eigenvalue weighted by Gasteiger charge is -2.24. The van der Waals surface area contributed by atoms with E-state index in [1.54, 1.807) is 6.08 Å². The molecule has 1 N–H and O–H groups in total. The molecule has 2 nitrogen and oxygen atoms in total. The van der Waals surface area contributed by atoms with Gasteiger partial charge in [0.05, 0.1) is 6.10 Å². The molecule has 0 saturated carbocycles. The molecule has 4 rings (SSSR count). The third kappa shape index (κ3) is 5.46. The second-order valence-corrected chi connectivity index (χ2v) is 9.54. The molecule has 0 saturated heterocycles. The number of hydrogen-bond donors (Lipinski definition) is 1.